The standard InChI is InChI=1S/C12H9BrFNO2/c13-7-1-3-10(14)9(5-7)12(16)11-4-2-8(6-15)17-11/h1-5H,6,15H2. The summed E-state index contributed by atoms with van der Waals surface area (Å²) in [7, 11) is 0. The van der Waals surface area contributed by atoms with Gasteiger partial charge in [-0.15, -0.1) is 0 Å². The monoisotopic (exact) mass is 297 g/mol. The number of carbonyl (C=O) groups excluding carboxylic acids is 1. The predicted octanol–water partition coefficient (Wildman–Crippen LogP) is 2.87. The normalized spacial score (nSPS) is 10.5. The average Bonchev–Trinajstić information content (AvgIpc) is 2.80. The fraction of sp³-hybridized carbons (Fsp3) is 0.0833. The van der Waals surface area contributed by atoms with Crippen LogP contribution in [0.25, 0.3) is 0 Å². The van der Waals surface area contributed by atoms with E-state index in [-0.39, 0.29) is 17.9 Å². The molecule has 0 unspecified atom stereocenters. The van der Waals surface area contributed by atoms with Crippen molar-refractivity contribution in [2.45, 2.75) is 6.54 Å². The summed E-state index contributed by atoms with van der Waals surface area (Å²) in [6.07, 6.45) is 0. The number of hydrogen-bond donors (Lipinski definition) is 1. The maximum atomic E-state index is 13.5. The third-order valence-corrected chi connectivity index (χ3v) is 2.75. The van der Waals surface area contributed by atoms with Gasteiger partial charge in [-0.2, -0.15) is 0 Å². The summed E-state index contributed by atoms with van der Waals surface area (Å²) in [4.78, 5) is 12.0. The van der Waals surface area contributed by atoms with E-state index in [0.717, 1.165) is 0 Å². The van der Waals surface area contributed by atoms with Crippen molar-refractivity contribution in [1.29, 1.82) is 0 Å². The predicted molar refractivity (Wildman–Crippen MR) is 64.1 cm³/mol. The lowest BCUT2D eigenvalue weighted by Crippen LogP contribution is -2.03. The van der Waals surface area contributed by atoms with E-state index in [1.54, 1.807) is 6.07 Å². The summed E-state index contributed by atoms with van der Waals surface area (Å²) < 4.78 is 19.3. The van der Waals surface area contributed by atoms with Gasteiger partial charge in [0.15, 0.2) is 5.76 Å². The number of rotatable bonds is 3. The molecule has 2 aromatic rings. The quantitative estimate of drug-likeness (QED) is 0.886. The zero-order valence-corrected chi connectivity index (χ0v) is 10.3. The summed E-state index contributed by atoms with van der Waals surface area (Å²) in [6.45, 7) is 0.203. The number of hydrogen-bond acceptors (Lipinski definition) is 3. The minimum atomic E-state index is -0.580. The summed E-state index contributed by atoms with van der Waals surface area (Å²) >= 11 is 3.19. The molecule has 0 atom stereocenters. The van der Waals surface area contributed by atoms with Crippen molar-refractivity contribution < 1.29 is 13.6 Å². The van der Waals surface area contributed by atoms with Crippen LogP contribution in [-0.4, -0.2) is 5.78 Å². The van der Waals surface area contributed by atoms with Gasteiger partial charge in [-0.3, -0.25) is 4.79 Å². The van der Waals surface area contributed by atoms with Gasteiger partial charge in [0.05, 0.1) is 12.1 Å². The average molecular weight is 298 g/mol. The van der Waals surface area contributed by atoms with Crippen LogP contribution in [0.2, 0.25) is 0 Å². The van der Waals surface area contributed by atoms with Crippen LogP contribution in [0.5, 0.6) is 0 Å². The highest BCUT2D eigenvalue weighted by atomic mass is 79.9. The number of halogens is 2. The van der Waals surface area contributed by atoms with Crippen LogP contribution in [0.4, 0.5) is 4.39 Å². The van der Waals surface area contributed by atoms with Gasteiger partial charge in [0.2, 0.25) is 5.78 Å². The maximum absolute atomic E-state index is 13.5. The number of carbonyl (C=O) groups is 1. The first kappa shape index (κ1) is 12.0. The molecular formula is C12H9BrFNO2. The van der Waals surface area contributed by atoms with Crippen LogP contribution in [-0.2, 0) is 6.54 Å². The van der Waals surface area contributed by atoms with Gasteiger partial charge in [0.25, 0.3) is 0 Å². The van der Waals surface area contributed by atoms with Gasteiger partial charge in [-0.1, -0.05) is 15.9 Å². The van der Waals surface area contributed by atoms with Crippen LogP contribution in [0.15, 0.2) is 39.2 Å². The fourth-order valence-electron chi connectivity index (χ4n) is 1.41. The second kappa shape index (κ2) is 4.81. The van der Waals surface area contributed by atoms with Crippen molar-refractivity contribution in [3.05, 3.63) is 57.7 Å². The fourth-order valence-corrected chi connectivity index (χ4v) is 1.77. The first-order valence-electron chi connectivity index (χ1n) is 4.90. The molecule has 0 fully saturated rings. The number of benzene rings is 1. The third kappa shape index (κ3) is 2.45. The number of nitrogens with two attached hydrogens (primary N) is 1. The van der Waals surface area contributed by atoms with Crippen molar-refractivity contribution in [2.75, 3.05) is 0 Å². The molecule has 0 aliphatic rings. The van der Waals surface area contributed by atoms with Crippen molar-refractivity contribution in [3.63, 3.8) is 0 Å². The van der Waals surface area contributed by atoms with Gasteiger partial charge in [0.1, 0.15) is 11.6 Å². The van der Waals surface area contributed by atoms with E-state index in [2.05, 4.69) is 15.9 Å². The highest BCUT2D eigenvalue weighted by Gasteiger charge is 2.17. The van der Waals surface area contributed by atoms with E-state index in [1.807, 2.05) is 0 Å². The summed E-state index contributed by atoms with van der Waals surface area (Å²) in [5.41, 5.74) is 5.34. The van der Waals surface area contributed by atoms with E-state index in [4.69, 9.17) is 10.2 Å². The Balaban J connectivity index is 2.39. The Hall–Kier alpha value is -1.46. The Morgan fingerprint density at radius 1 is 1.35 bits per heavy atom. The molecule has 0 aliphatic carbocycles. The molecule has 0 spiro atoms. The van der Waals surface area contributed by atoms with Gasteiger partial charge in [0, 0.05) is 4.47 Å². The Labute approximate surface area is 106 Å². The lowest BCUT2D eigenvalue weighted by Gasteiger charge is -2.00. The highest BCUT2D eigenvalue weighted by Crippen LogP contribution is 2.20. The minimum absolute atomic E-state index is 0.0303. The largest absolute Gasteiger partial charge is 0.456 e. The van der Waals surface area contributed by atoms with Crippen LogP contribution in [0, 0.1) is 5.82 Å². The lowest BCUT2D eigenvalue weighted by atomic mass is 10.1. The van der Waals surface area contributed by atoms with E-state index >= 15 is 0 Å². The first-order valence-corrected chi connectivity index (χ1v) is 5.69. The molecule has 1 aromatic carbocycles. The second-order valence-electron chi connectivity index (χ2n) is 3.42. The molecule has 0 radical (unpaired) electrons. The molecule has 0 bridgehead atoms. The summed E-state index contributed by atoms with van der Waals surface area (Å²) in [6, 6.07) is 7.26. The molecule has 17 heavy (non-hydrogen) atoms. The minimum Gasteiger partial charge on any atom is -0.456 e. The van der Waals surface area contributed by atoms with Crippen molar-refractivity contribution in [1.82, 2.24) is 0 Å². The SMILES string of the molecule is NCc1ccc(C(=O)c2cc(Br)ccc2F)o1. The maximum Gasteiger partial charge on any atom is 0.231 e. The molecule has 3 nitrogen and oxygen atoms in total. The second-order valence-corrected chi connectivity index (χ2v) is 4.34. The van der Waals surface area contributed by atoms with Crippen molar-refractivity contribution >= 4 is 21.7 Å². The number of furan rings is 1. The van der Waals surface area contributed by atoms with Crippen molar-refractivity contribution in [3.8, 4) is 0 Å². The molecule has 0 saturated carbocycles. The molecule has 0 aliphatic heterocycles. The van der Waals surface area contributed by atoms with E-state index in [0.29, 0.717) is 10.2 Å². The molecule has 2 N–H and O–H groups in total. The van der Waals surface area contributed by atoms with Crippen LogP contribution < -0.4 is 5.73 Å². The lowest BCUT2D eigenvalue weighted by molar-refractivity contribution is 0.100. The van der Waals surface area contributed by atoms with Crippen LogP contribution in [0.3, 0.4) is 0 Å². The van der Waals surface area contributed by atoms with E-state index in [1.165, 1.54) is 24.3 Å². The molecule has 88 valence electrons. The molecule has 0 amide bonds. The molecular weight excluding hydrogens is 289 g/mol. The molecule has 1 heterocycles. The Bertz CT molecular complexity index is 565. The molecule has 0 saturated heterocycles. The van der Waals surface area contributed by atoms with E-state index in [9.17, 15) is 9.18 Å². The van der Waals surface area contributed by atoms with E-state index < -0.39 is 11.6 Å². The number of ketones is 1. The Morgan fingerprint density at radius 2 is 2.12 bits per heavy atom. The zero-order chi connectivity index (χ0) is 12.4. The van der Waals surface area contributed by atoms with Gasteiger partial charge in [-0.25, -0.2) is 4.39 Å². The van der Waals surface area contributed by atoms with Crippen molar-refractivity contribution in [2.24, 2.45) is 5.73 Å². The van der Waals surface area contributed by atoms with Crippen LogP contribution in [0.1, 0.15) is 21.9 Å². The summed E-state index contributed by atoms with van der Waals surface area (Å²) in [5.74, 6) is -0.501. The van der Waals surface area contributed by atoms with Gasteiger partial charge < -0.3 is 10.2 Å². The Morgan fingerprint density at radius 3 is 2.76 bits per heavy atom. The highest BCUT2D eigenvalue weighted by molar-refractivity contribution is 9.10. The third-order valence-electron chi connectivity index (χ3n) is 2.26. The van der Waals surface area contributed by atoms with Crippen LogP contribution >= 0.6 is 15.9 Å². The zero-order valence-electron chi connectivity index (χ0n) is 8.74. The van der Waals surface area contributed by atoms with Gasteiger partial charge >= 0.3 is 0 Å². The topological polar surface area (TPSA) is 56.2 Å². The first-order chi connectivity index (χ1) is 8.11. The van der Waals surface area contributed by atoms with Gasteiger partial charge in [-0.05, 0) is 30.3 Å². The molecule has 1 aromatic heterocycles. The smallest absolute Gasteiger partial charge is 0.231 e. The Kier molecular flexibility index (Phi) is 3.40. The summed E-state index contributed by atoms with van der Waals surface area (Å²) in [5, 5.41) is 0. The molecule has 5 heteroatoms. The molecule has 2 rings (SSSR count).